The van der Waals surface area contributed by atoms with E-state index < -0.39 is 0 Å². The highest BCUT2D eigenvalue weighted by molar-refractivity contribution is 9.09. The van der Waals surface area contributed by atoms with Crippen molar-refractivity contribution in [1.29, 1.82) is 0 Å². The Bertz CT molecular complexity index is 576. The molecule has 0 aliphatic heterocycles. The lowest BCUT2D eigenvalue weighted by Crippen LogP contribution is -2.03. The molecule has 2 rings (SSSR count). The number of ether oxygens (including phenoxy) is 3. The van der Waals surface area contributed by atoms with E-state index in [1.165, 1.54) is 0 Å². The van der Waals surface area contributed by atoms with E-state index in [9.17, 15) is 0 Å². The third-order valence-electron chi connectivity index (χ3n) is 3.37. The molecule has 0 radical (unpaired) electrons. The van der Waals surface area contributed by atoms with E-state index in [1.54, 1.807) is 21.3 Å². The van der Waals surface area contributed by atoms with Gasteiger partial charge in [-0.1, -0.05) is 40.2 Å². The second-order valence-electron chi connectivity index (χ2n) is 4.56. The Morgan fingerprint density at radius 1 is 0.810 bits per heavy atom. The van der Waals surface area contributed by atoms with E-state index in [0.29, 0.717) is 0 Å². The van der Waals surface area contributed by atoms with Crippen LogP contribution in [0.2, 0.25) is 0 Å². The molecule has 0 N–H and O–H groups in total. The maximum absolute atomic E-state index is 5.46. The lowest BCUT2D eigenvalue weighted by atomic mass is 10.0. The van der Waals surface area contributed by atoms with Gasteiger partial charge in [0, 0.05) is 0 Å². The molecule has 0 saturated carbocycles. The van der Waals surface area contributed by atoms with Crippen molar-refractivity contribution in [3.63, 3.8) is 0 Å². The molecule has 0 aliphatic rings. The molecule has 0 amide bonds. The van der Waals surface area contributed by atoms with E-state index in [1.807, 2.05) is 36.4 Å². The van der Waals surface area contributed by atoms with Gasteiger partial charge in [0.05, 0.1) is 31.7 Å². The van der Waals surface area contributed by atoms with Gasteiger partial charge in [0.25, 0.3) is 0 Å². The predicted octanol–water partition coefficient (Wildman–Crippen LogP) is 4.39. The van der Waals surface area contributed by atoms with Crippen LogP contribution >= 0.6 is 15.9 Å². The van der Waals surface area contributed by atoms with Gasteiger partial charge in [-0.15, -0.1) is 0 Å². The molecule has 1 atom stereocenters. The maximum atomic E-state index is 5.46. The molecular formula is C17H19BrO3. The molecule has 3 nitrogen and oxygen atoms in total. The highest BCUT2D eigenvalue weighted by Crippen LogP contribution is 2.41. The van der Waals surface area contributed by atoms with E-state index in [4.69, 9.17) is 14.2 Å². The van der Waals surface area contributed by atoms with Crippen LogP contribution < -0.4 is 14.2 Å². The number of halogens is 1. The van der Waals surface area contributed by atoms with E-state index in [-0.39, 0.29) is 4.83 Å². The summed E-state index contributed by atoms with van der Waals surface area (Å²) in [4.78, 5) is 0.0694. The Morgan fingerprint density at radius 2 is 1.33 bits per heavy atom. The number of hydrogen-bond donors (Lipinski definition) is 0. The van der Waals surface area contributed by atoms with Crippen LogP contribution in [0.3, 0.4) is 0 Å². The molecular weight excluding hydrogens is 332 g/mol. The van der Waals surface area contributed by atoms with Crippen molar-refractivity contribution in [2.45, 2.75) is 11.2 Å². The molecule has 1 unspecified atom stereocenters. The van der Waals surface area contributed by atoms with Gasteiger partial charge in [0.15, 0.2) is 0 Å². The average Bonchev–Trinajstić information content (AvgIpc) is 2.54. The lowest BCUT2D eigenvalue weighted by Gasteiger charge is -2.18. The summed E-state index contributed by atoms with van der Waals surface area (Å²) < 4.78 is 16.3. The minimum Gasteiger partial charge on any atom is -0.496 e. The first kappa shape index (κ1) is 15.7. The van der Waals surface area contributed by atoms with Gasteiger partial charge in [-0.25, -0.2) is 0 Å². The number of methoxy groups -OCH3 is 3. The molecule has 21 heavy (non-hydrogen) atoms. The van der Waals surface area contributed by atoms with E-state index in [2.05, 4.69) is 22.0 Å². The quantitative estimate of drug-likeness (QED) is 0.723. The summed E-state index contributed by atoms with van der Waals surface area (Å²) in [6.45, 7) is 0. The molecule has 4 heteroatoms. The fraction of sp³-hybridized carbons (Fsp3) is 0.294. The van der Waals surface area contributed by atoms with Crippen molar-refractivity contribution in [2.75, 3.05) is 21.3 Å². The average molecular weight is 351 g/mol. The topological polar surface area (TPSA) is 27.7 Å². The highest BCUT2D eigenvalue weighted by atomic mass is 79.9. The summed E-state index contributed by atoms with van der Waals surface area (Å²) in [5, 5.41) is 0. The van der Waals surface area contributed by atoms with Crippen LogP contribution in [0.15, 0.2) is 42.5 Å². The Balaban J connectivity index is 2.34. The zero-order valence-corrected chi connectivity index (χ0v) is 14.0. The normalized spacial score (nSPS) is 11.8. The molecule has 112 valence electrons. The van der Waals surface area contributed by atoms with Gasteiger partial charge in [0.1, 0.15) is 17.2 Å². The maximum Gasteiger partial charge on any atom is 0.126 e. The van der Waals surface area contributed by atoms with Gasteiger partial charge < -0.3 is 14.2 Å². The fourth-order valence-electron chi connectivity index (χ4n) is 2.36. The number of benzene rings is 2. The number of para-hydroxylation sites is 1. The molecule has 0 aliphatic carbocycles. The monoisotopic (exact) mass is 350 g/mol. The van der Waals surface area contributed by atoms with Gasteiger partial charge in [-0.2, -0.15) is 0 Å². The Hall–Kier alpha value is -1.68. The lowest BCUT2D eigenvalue weighted by molar-refractivity contribution is 0.384. The number of rotatable bonds is 6. The summed E-state index contributed by atoms with van der Waals surface area (Å²) in [7, 11) is 5.02. The second-order valence-corrected chi connectivity index (χ2v) is 5.67. The SMILES string of the molecule is COc1ccccc1CC(Br)c1c(OC)cccc1OC. The third kappa shape index (κ3) is 3.50. The first-order valence-electron chi connectivity index (χ1n) is 6.68. The Labute approximate surface area is 134 Å². The molecule has 0 aromatic heterocycles. The van der Waals surface area contributed by atoms with Crippen molar-refractivity contribution in [3.05, 3.63) is 53.6 Å². The van der Waals surface area contributed by atoms with Crippen molar-refractivity contribution >= 4 is 15.9 Å². The van der Waals surface area contributed by atoms with Crippen LogP contribution in [0.25, 0.3) is 0 Å². The van der Waals surface area contributed by atoms with Crippen LogP contribution in [0.4, 0.5) is 0 Å². The van der Waals surface area contributed by atoms with Gasteiger partial charge in [-0.3, -0.25) is 0 Å². The van der Waals surface area contributed by atoms with E-state index in [0.717, 1.165) is 34.8 Å². The molecule has 2 aromatic rings. The first-order chi connectivity index (χ1) is 10.2. The van der Waals surface area contributed by atoms with Crippen molar-refractivity contribution in [2.24, 2.45) is 0 Å². The van der Waals surface area contributed by atoms with Crippen LogP contribution in [0.1, 0.15) is 16.0 Å². The molecule has 0 bridgehead atoms. The van der Waals surface area contributed by atoms with Crippen LogP contribution in [-0.4, -0.2) is 21.3 Å². The van der Waals surface area contributed by atoms with Crippen LogP contribution in [0.5, 0.6) is 17.2 Å². The highest BCUT2D eigenvalue weighted by Gasteiger charge is 2.20. The summed E-state index contributed by atoms with van der Waals surface area (Å²) >= 11 is 3.75. The summed E-state index contributed by atoms with van der Waals surface area (Å²) in [6, 6.07) is 13.8. The zero-order chi connectivity index (χ0) is 15.2. The van der Waals surface area contributed by atoms with Crippen molar-refractivity contribution in [3.8, 4) is 17.2 Å². The minimum absolute atomic E-state index is 0.0694. The molecule has 0 fully saturated rings. The van der Waals surface area contributed by atoms with Crippen LogP contribution in [0, 0.1) is 0 Å². The van der Waals surface area contributed by atoms with Gasteiger partial charge >= 0.3 is 0 Å². The largest absolute Gasteiger partial charge is 0.496 e. The molecule has 0 saturated heterocycles. The minimum atomic E-state index is 0.0694. The molecule has 2 aromatic carbocycles. The number of hydrogen-bond acceptors (Lipinski definition) is 3. The third-order valence-corrected chi connectivity index (χ3v) is 4.15. The first-order valence-corrected chi connectivity index (χ1v) is 7.59. The Kier molecular flexibility index (Phi) is 5.51. The fourth-order valence-corrected chi connectivity index (χ4v) is 3.16. The summed E-state index contributed by atoms with van der Waals surface area (Å²) in [5.41, 5.74) is 2.14. The summed E-state index contributed by atoms with van der Waals surface area (Å²) in [6.07, 6.45) is 0.779. The Morgan fingerprint density at radius 3 is 1.90 bits per heavy atom. The predicted molar refractivity (Wildman–Crippen MR) is 87.9 cm³/mol. The van der Waals surface area contributed by atoms with E-state index >= 15 is 0 Å². The van der Waals surface area contributed by atoms with Crippen molar-refractivity contribution in [1.82, 2.24) is 0 Å². The summed E-state index contributed by atoms with van der Waals surface area (Å²) in [5.74, 6) is 2.51. The standard InChI is InChI=1S/C17H19BrO3/c1-19-14-8-5-4-7-12(14)11-13(18)17-15(20-2)9-6-10-16(17)21-3/h4-10,13H,11H2,1-3H3. The zero-order valence-electron chi connectivity index (χ0n) is 12.4. The van der Waals surface area contributed by atoms with Gasteiger partial charge in [0.2, 0.25) is 0 Å². The van der Waals surface area contributed by atoms with Crippen molar-refractivity contribution < 1.29 is 14.2 Å². The molecule has 0 heterocycles. The van der Waals surface area contributed by atoms with Gasteiger partial charge in [-0.05, 0) is 30.2 Å². The second kappa shape index (κ2) is 7.36. The van der Waals surface area contributed by atoms with Crippen LogP contribution in [-0.2, 0) is 6.42 Å². The smallest absolute Gasteiger partial charge is 0.126 e. The number of alkyl halides is 1. The molecule has 0 spiro atoms.